The molecule has 1 aliphatic rings. The second-order valence-electron chi connectivity index (χ2n) is 7.44. The van der Waals surface area contributed by atoms with Crippen LogP contribution in [0.4, 0.5) is 5.69 Å². The molecule has 1 aromatic heterocycles. The molecular formula is C21H27N3O4. The number of carbonyl (C=O) groups is 3. The smallest absolute Gasteiger partial charge is 0.338 e. The van der Waals surface area contributed by atoms with Crippen LogP contribution in [-0.4, -0.2) is 35.9 Å². The van der Waals surface area contributed by atoms with E-state index < -0.39 is 12.0 Å². The minimum absolute atomic E-state index is 0.0929. The lowest BCUT2D eigenvalue weighted by molar-refractivity contribution is -0.126. The summed E-state index contributed by atoms with van der Waals surface area (Å²) in [6.07, 6.45) is 7.96. The SMILES string of the molecule is COC(=O)c1cc(NC(=O)[C@@H](C)NC(=O)CC2CCCCC2)cc2[nH]ccc12. The van der Waals surface area contributed by atoms with Crippen molar-refractivity contribution < 1.29 is 19.1 Å². The summed E-state index contributed by atoms with van der Waals surface area (Å²) in [6, 6.07) is 4.44. The number of H-pyrrole nitrogens is 1. The highest BCUT2D eigenvalue weighted by molar-refractivity contribution is 6.07. The van der Waals surface area contributed by atoms with Crippen LogP contribution >= 0.6 is 0 Å². The fraction of sp³-hybridized carbons (Fsp3) is 0.476. The zero-order valence-corrected chi connectivity index (χ0v) is 16.3. The zero-order chi connectivity index (χ0) is 20.1. The van der Waals surface area contributed by atoms with E-state index in [1.165, 1.54) is 26.4 Å². The number of amides is 2. The van der Waals surface area contributed by atoms with Gasteiger partial charge in [-0.25, -0.2) is 4.79 Å². The van der Waals surface area contributed by atoms with E-state index in [0.717, 1.165) is 18.2 Å². The number of carbonyl (C=O) groups excluding carboxylic acids is 3. The maximum absolute atomic E-state index is 12.5. The first-order valence-corrected chi connectivity index (χ1v) is 9.77. The molecule has 7 heteroatoms. The van der Waals surface area contributed by atoms with Crippen LogP contribution in [0.5, 0.6) is 0 Å². The Kier molecular flexibility index (Phi) is 6.34. The largest absolute Gasteiger partial charge is 0.465 e. The molecule has 0 spiro atoms. The number of rotatable bonds is 6. The van der Waals surface area contributed by atoms with Gasteiger partial charge in [0, 0.05) is 29.2 Å². The molecule has 1 fully saturated rings. The lowest BCUT2D eigenvalue weighted by Crippen LogP contribution is -2.42. The first-order chi connectivity index (χ1) is 13.5. The third kappa shape index (κ3) is 4.71. The summed E-state index contributed by atoms with van der Waals surface area (Å²) in [5.41, 5.74) is 1.55. The molecule has 7 nitrogen and oxygen atoms in total. The van der Waals surface area contributed by atoms with Crippen LogP contribution in [0, 0.1) is 5.92 Å². The summed E-state index contributed by atoms with van der Waals surface area (Å²) < 4.78 is 4.82. The van der Waals surface area contributed by atoms with E-state index in [1.807, 2.05) is 0 Å². The minimum Gasteiger partial charge on any atom is -0.465 e. The number of ether oxygens (including phenoxy) is 1. The first kappa shape index (κ1) is 19.9. The Morgan fingerprint density at radius 1 is 1.21 bits per heavy atom. The van der Waals surface area contributed by atoms with E-state index in [1.54, 1.807) is 31.3 Å². The Morgan fingerprint density at radius 3 is 2.68 bits per heavy atom. The second-order valence-corrected chi connectivity index (χ2v) is 7.44. The summed E-state index contributed by atoms with van der Waals surface area (Å²) in [5.74, 6) is -0.486. The molecule has 0 aliphatic heterocycles. The molecule has 1 saturated carbocycles. The number of anilines is 1. The first-order valence-electron chi connectivity index (χ1n) is 9.77. The fourth-order valence-corrected chi connectivity index (χ4v) is 3.79. The zero-order valence-electron chi connectivity index (χ0n) is 16.3. The van der Waals surface area contributed by atoms with E-state index in [9.17, 15) is 14.4 Å². The van der Waals surface area contributed by atoms with Crippen molar-refractivity contribution in [3.05, 3.63) is 30.0 Å². The summed E-state index contributed by atoms with van der Waals surface area (Å²) in [5, 5.41) is 6.27. The third-order valence-corrected chi connectivity index (χ3v) is 5.31. The number of aromatic amines is 1. The van der Waals surface area contributed by atoms with Crippen LogP contribution in [0.15, 0.2) is 24.4 Å². The van der Waals surface area contributed by atoms with Gasteiger partial charge in [0.25, 0.3) is 0 Å². The molecule has 0 radical (unpaired) electrons. The van der Waals surface area contributed by atoms with E-state index >= 15 is 0 Å². The molecule has 150 valence electrons. The molecule has 28 heavy (non-hydrogen) atoms. The predicted molar refractivity (Wildman–Crippen MR) is 107 cm³/mol. The maximum atomic E-state index is 12.5. The molecule has 1 heterocycles. The second kappa shape index (κ2) is 8.91. The number of nitrogens with one attached hydrogen (secondary N) is 3. The van der Waals surface area contributed by atoms with Gasteiger partial charge in [-0.15, -0.1) is 0 Å². The van der Waals surface area contributed by atoms with Crippen LogP contribution in [0.25, 0.3) is 10.9 Å². The van der Waals surface area contributed by atoms with E-state index in [-0.39, 0.29) is 11.8 Å². The monoisotopic (exact) mass is 385 g/mol. The maximum Gasteiger partial charge on any atom is 0.338 e. The van der Waals surface area contributed by atoms with Crippen molar-refractivity contribution >= 4 is 34.4 Å². The summed E-state index contributed by atoms with van der Waals surface area (Å²) in [4.78, 5) is 39.8. The number of methoxy groups -OCH3 is 1. The van der Waals surface area contributed by atoms with E-state index in [4.69, 9.17) is 4.74 Å². The van der Waals surface area contributed by atoms with Crippen LogP contribution in [-0.2, 0) is 14.3 Å². The quantitative estimate of drug-likeness (QED) is 0.664. The summed E-state index contributed by atoms with van der Waals surface area (Å²) in [6.45, 7) is 1.66. The van der Waals surface area contributed by atoms with Crippen LogP contribution in [0.2, 0.25) is 0 Å². The lowest BCUT2D eigenvalue weighted by atomic mass is 9.87. The molecule has 0 unspecified atom stereocenters. The van der Waals surface area contributed by atoms with Crippen molar-refractivity contribution in [2.75, 3.05) is 12.4 Å². The fourth-order valence-electron chi connectivity index (χ4n) is 3.79. The number of hydrogen-bond acceptors (Lipinski definition) is 4. The average Bonchev–Trinajstić information content (AvgIpc) is 3.15. The van der Waals surface area contributed by atoms with Gasteiger partial charge in [-0.1, -0.05) is 19.3 Å². The van der Waals surface area contributed by atoms with Gasteiger partial charge in [-0.3, -0.25) is 9.59 Å². The summed E-state index contributed by atoms with van der Waals surface area (Å²) >= 11 is 0. The van der Waals surface area contributed by atoms with Gasteiger partial charge in [0.05, 0.1) is 12.7 Å². The van der Waals surface area contributed by atoms with E-state index in [2.05, 4.69) is 15.6 Å². The molecule has 2 amide bonds. The molecule has 1 aromatic carbocycles. The van der Waals surface area contributed by atoms with Gasteiger partial charge in [-0.05, 0) is 43.9 Å². The van der Waals surface area contributed by atoms with Crippen molar-refractivity contribution in [3.8, 4) is 0 Å². The normalized spacial score (nSPS) is 15.8. The van der Waals surface area contributed by atoms with Gasteiger partial charge in [0.15, 0.2) is 0 Å². The molecule has 0 bridgehead atoms. The number of esters is 1. The van der Waals surface area contributed by atoms with Crippen molar-refractivity contribution in [2.24, 2.45) is 5.92 Å². The Balaban J connectivity index is 1.63. The summed E-state index contributed by atoms with van der Waals surface area (Å²) in [7, 11) is 1.32. The van der Waals surface area contributed by atoms with Crippen molar-refractivity contribution in [1.82, 2.24) is 10.3 Å². The van der Waals surface area contributed by atoms with E-state index in [0.29, 0.717) is 29.1 Å². The predicted octanol–water partition coefficient (Wildman–Crippen LogP) is 3.37. The van der Waals surface area contributed by atoms with Crippen molar-refractivity contribution in [1.29, 1.82) is 0 Å². The minimum atomic E-state index is -0.669. The molecule has 3 N–H and O–H groups in total. The molecular weight excluding hydrogens is 358 g/mol. The Labute approximate surface area is 164 Å². The van der Waals surface area contributed by atoms with Crippen molar-refractivity contribution in [3.63, 3.8) is 0 Å². The van der Waals surface area contributed by atoms with Gasteiger partial charge < -0.3 is 20.4 Å². The van der Waals surface area contributed by atoms with Gasteiger partial charge in [0.1, 0.15) is 6.04 Å². The van der Waals surface area contributed by atoms with Crippen molar-refractivity contribution in [2.45, 2.75) is 51.5 Å². The lowest BCUT2D eigenvalue weighted by Gasteiger charge is -2.22. The topological polar surface area (TPSA) is 100 Å². The molecule has 2 aromatic rings. The van der Waals surface area contributed by atoms with Crippen LogP contribution in [0.3, 0.4) is 0 Å². The third-order valence-electron chi connectivity index (χ3n) is 5.31. The Bertz CT molecular complexity index is 868. The Morgan fingerprint density at radius 2 is 1.96 bits per heavy atom. The number of hydrogen-bond donors (Lipinski definition) is 3. The van der Waals surface area contributed by atoms with Crippen LogP contribution < -0.4 is 10.6 Å². The average molecular weight is 385 g/mol. The van der Waals surface area contributed by atoms with Crippen LogP contribution in [0.1, 0.15) is 55.8 Å². The molecule has 1 aliphatic carbocycles. The Hall–Kier alpha value is -2.83. The standard InChI is InChI=1S/C21H27N3O4/c1-13(23-19(25)10-14-6-4-3-5-7-14)20(26)24-15-11-17(21(27)28-2)16-8-9-22-18(16)12-15/h8-9,11-14,22H,3-7,10H2,1-2H3,(H,23,25)(H,24,26)/t13-/m1/s1. The number of benzene rings is 1. The molecule has 3 rings (SSSR count). The highest BCUT2D eigenvalue weighted by Gasteiger charge is 2.21. The van der Waals surface area contributed by atoms with Gasteiger partial charge in [-0.2, -0.15) is 0 Å². The highest BCUT2D eigenvalue weighted by atomic mass is 16.5. The highest BCUT2D eigenvalue weighted by Crippen LogP contribution is 2.26. The molecule has 1 atom stereocenters. The van der Waals surface area contributed by atoms with Gasteiger partial charge >= 0.3 is 5.97 Å². The van der Waals surface area contributed by atoms with Gasteiger partial charge in [0.2, 0.25) is 11.8 Å². The molecule has 0 saturated heterocycles. The number of aromatic nitrogens is 1. The number of fused-ring (bicyclic) bond motifs is 1.